The first-order valence-corrected chi connectivity index (χ1v) is 18.9. The van der Waals surface area contributed by atoms with Crippen LogP contribution in [-0.4, -0.2) is 4.98 Å². The summed E-state index contributed by atoms with van der Waals surface area (Å²) in [6.45, 7) is 2.42. The van der Waals surface area contributed by atoms with Gasteiger partial charge in [-0.15, -0.1) is 0 Å². The van der Waals surface area contributed by atoms with Gasteiger partial charge in [-0.25, -0.2) is 4.98 Å². The summed E-state index contributed by atoms with van der Waals surface area (Å²) in [5, 5.41) is 0. The standard InChI is InChI=1S/C51H41N/c1-34-27-35-25-26-51(44(28-34)29-35)47-30-41(36-11-5-2-6-12-36)21-23-45(47)46-24-22-42(31-48(46)51)38-17-19-40(20-18-38)50-33-43(37-13-7-3-8-14-37)32-49(52-50)39-15-9-4-10-16-39/h2-24,28,30-35H,25-27,29H2,1H3. The van der Waals surface area contributed by atoms with Crippen LogP contribution < -0.4 is 0 Å². The van der Waals surface area contributed by atoms with Crippen molar-refractivity contribution in [1.82, 2.24) is 4.98 Å². The molecule has 3 aliphatic carbocycles. The molecule has 0 saturated heterocycles. The molecule has 1 heteroatoms. The quantitative estimate of drug-likeness (QED) is 0.167. The van der Waals surface area contributed by atoms with E-state index >= 15 is 0 Å². The number of nitrogens with zero attached hydrogens (tertiary/aromatic N) is 1. The van der Waals surface area contributed by atoms with Crippen molar-refractivity contribution in [3.63, 3.8) is 0 Å². The van der Waals surface area contributed by atoms with Gasteiger partial charge in [-0.05, 0) is 117 Å². The van der Waals surface area contributed by atoms with Gasteiger partial charge in [0.25, 0.3) is 0 Å². The summed E-state index contributed by atoms with van der Waals surface area (Å²) in [4.78, 5) is 5.19. The molecule has 1 fully saturated rings. The van der Waals surface area contributed by atoms with E-state index in [2.05, 4.69) is 177 Å². The lowest BCUT2D eigenvalue weighted by atomic mass is 9.58. The zero-order chi connectivity index (χ0) is 34.6. The normalized spacial score (nSPS) is 19.9. The second kappa shape index (κ2) is 12.5. The monoisotopic (exact) mass is 667 g/mol. The molecule has 6 aromatic carbocycles. The molecular weight excluding hydrogens is 627 g/mol. The van der Waals surface area contributed by atoms with Crippen LogP contribution in [0.3, 0.4) is 0 Å². The summed E-state index contributed by atoms with van der Waals surface area (Å²) in [5.74, 6) is 1.43. The average Bonchev–Trinajstić information content (AvgIpc) is 3.49. The Hall–Kier alpha value is -5.79. The summed E-state index contributed by atoms with van der Waals surface area (Å²) in [6.07, 6.45) is 7.66. The van der Waals surface area contributed by atoms with Crippen LogP contribution in [0.1, 0.15) is 43.7 Å². The summed E-state index contributed by atoms with van der Waals surface area (Å²) in [5.41, 5.74) is 19.1. The van der Waals surface area contributed by atoms with Gasteiger partial charge in [0.1, 0.15) is 0 Å². The molecule has 0 amide bonds. The van der Waals surface area contributed by atoms with Crippen LogP contribution in [0.5, 0.6) is 0 Å². The van der Waals surface area contributed by atoms with Crippen LogP contribution in [0.2, 0.25) is 0 Å². The lowest BCUT2D eigenvalue weighted by Crippen LogP contribution is -2.36. The highest BCUT2D eigenvalue weighted by atomic mass is 14.7. The van der Waals surface area contributed by atoms with E-state index in [4.69, 9.17) is 4.98 Å². The van der Waals surface area contributed by atoms with E-state index in [0.717, 1.165) is 28.4 Å². The minimum Gasteiger partial charge on any atom is -0.248 e. The molecular formula is C51H41N. The lowest BCUT2D eigenvalue weighted by molar-refractivity contribution is 0.284. The van der Waals surface area contributed by atoms with Gasteiger partial charge in [-0.3, -0.25) is 0 Å². The number of aromatic nitrogens is 1. The van der Waals surface area contributed by atoms with Crippen LogP contribution in [0.25, 0.3) is 67.0 Å². The zero-order valence-electron chi connectivity index (χ0n) is 29.6. The van der Waals surface area contributed by atoms with Gasteiger partial charge in [0.15, 0.2) is 0 Å². The van der Waals surface area contributed by atoms with Crippen molar-refractivity contribution >= 4 is 0 Å². The van der Waals surface area contributed by atoms with Gasteiger partial charge in [-0.2, -0.15) is 0 Å². The molecule has 3 unspecified atom stereocenters. The van der Waals surface area contributed by atoms with E-state index in [1.54, 1.807) is 5.57 Å². The van der Waals surface area contributed by atoms with E-state index in [1.807, 2.05) is 0 Å². The fourth-order valence-corrected chi connectivity index (χ4v) is 9.60. The fraction of sp³-hybridized carbons (Fsp3) is 0.157. The maximum absolute atomic E-state index is 5.19. The van der Waals surface area contributed by atoms with Gasteiger partial charge >= 0.3 is 0 Å². The molecule has 1 saturated carbocycles. The van der Waals surface area contributed by atoms with E-state index < -0.39 is 0 Å². The summed E-state index contributed by atoms with van der Waals surface area (Å²) in [7, 11) is 0. The van der Waals surface area contributed by atoms with Crippen LogP contribution in [0, 0.1) is 11.8 Å². The fourth-order valence-electron chi connectivity index (χ4n) is 9.60. The molecule has 0 radical (unpaired) electrons. The predicted molar refractivity (Wildman–Crippen MR) is 217 cm³/mol. The number of fused-ring (bicyclic) bond motifs is 8. The minimum atomic E-state index is -0.0633. The first-order valence-electron chi connectivity index (χ1n) is 18.9. The van der Waals surface area contributed by atoms with Gasteiger partial charge in [0.2, 0.25) is 0 Å². The second-order valence-electron chi connectivity index (χ2n) is 15.2. The Labute approximate surface area is 307 Å². The summed E-state index contributed by atoms with van der Waals surface area (Å²) < 4.78 is 0. The average molecular weight is 668 g/mol. The van der Waals surface area contributed by atoms with E-state index in [-0.39, 0.29) is 5.41 Å². The summed E-state index contributed by atoms with van der Waals surface area (Å²) >= 11 is 0. The Balaban J connectivity index is 1.06. The maximum Gasteiger partial charge on any atom is 0.0715 e. The van der Waals surface area contributed by atoms with Gasteiger partial charge in [-0.1, -0.05) is 158 Å². The highest BCUT2D eigenvalue weighted by Crippen LogP contribution is 2.61. The molecule has 1 heterocycles. The number of hydrogen-bond donors (Lipinski definition) is 0. The van der Waals surface area contributed by atoms with Crippen molar-refractivity contribution in [3.05, 3.63) is 187 Å². The first-order chi connectivity index (χ1) is 25.6. The Morgan fingerprint density at radius 2 is 0.942 bits per heavy atom. The molecule has 7 aromatic rings. The third-order valence-corrected chi connectivity index (χ3v) is 12.0. The number of pyridine rings is 1. The molecule has 52 heavy (non-hydrogen) atoms. The molecule has 1 aromatic heterocycles. The molecule has 0 N–H and O–H groups in total. The minimum absolute atomic E-state index is 0.0633. The largest absolute Gasteiger partial charge is 0.248 e. The van der Waals surface area contributed by atoms with Crippen LogP contribution in [0.4, 0.5) is 0 Å². The Bertz CT molecular complexity index is 2400. The number of hydrogen-bond acceptors (Lipinski definition) is 1. The Morgan fingerprint density at radius 3 is 1.52 bits per heavy atom. The second-order valence-corrected chi connectivity index (χ2v) is 15.2. The molecule has 2 bridgehead atoms. The van der Waals surface area contributed by atoms with E-state index in [1.165, 1.54) is 81.3 Å². The zero-order valence-corrected chi connectivity index (χ0v) is 29.6. The third kappa shape index (κ3) is 5.18. The molecule has 10 rings (SSSR count). The smallest absolute Gasteiger partial charge is 0.0715 e. The molecule has 1 spiro atoms. The molecule has 250 valence electrons. The topological polar surface area (TPSA) is 12.9 Å². The van der Waals surface area contributed by atoms with Crippen molar-refractivity contribution in [1.29, 1.82) is 0 Å². The van der Waals surface area contributed by atoms with Crippen LogP contribution in [0.15, 0.2) is 175 Å². The van der Waals surface area contributed by atoms with Crippen molar-refractivity contribution in [2.24, 2.45) is 11.8 Å². The molecule has 3 aliphatic rings. The van der Waals surface area contributed by atoms with Crippen LogP contribution >= 0.6 is 0 Å². The highest BCUT2D eigenvalue weighted by Gasteiger charge is 2.49. The Morgan fingerprint density at radius 1 is 0.481 bits per heavy atom. The van der Waals surface area contributed by atoms with Crippen LogP contribution in [-0.2, 0) is 5.41 Å². The van der Waals surface area contributed by atoms with Gasteiger partial charge < -0.3 is 0 Å². The Kier molecular flexibility index (Phi) is 7.43. The maximum atomic E-state index is 5.19. The van der Waals surface area contributed by atoms with Crippen molar-refractivity contribution in [2.75, 3.05) is 0 Å². The number of rotatable bonds is 5. The van der Waals surface area contributed by atoms with Gasteiger partial charge in [0.05, 0.1) is 11.4 Å². The van der Waals surface area contributed by atoms with E-state index in [9.17, 15) is 0 Å². The predicted octanol–water partition coefficient (Wildman–Crippen LogP) is 13.4. The summed E-state index contributed by atoms with van der Waals surface area (Å²) in [6, 6.07) is 60.1. The highest BCUT2D eigenvalue weighted by molar-refractivity contribution is 5.88. The van der Waals surface area contributed by atoms with Crippen molar-refractivity contribution < 1.29 is 0 Å². The molecule has 3 atom stereocenters. The number of benzene rings is 6. The van der Waals surface area contributed by atoms with Gasteiger partial charge in [0, 0.05) is 16.5 Å². The molecule has 1 nitrogen and oxygen atoms in total. The third-order valence-electron chi connectivity index (χ3n) is 12.0. The van der Waals surface area contributed by atoms with Crippen molar-refractivity contribution in [2.45, 2.75) is 38.0 Å². The molecule has 0 aliphatic heterocycles. The number of allylic oxidation sites excluding steroid dienone is 2. The lowest BCUT2D eigenvalue weighted by Gasteiger charge is -2.45. The first kappa shape index (κ1) is 31.0. The van der Waals surface area contributed by atoms with Crippen molar-refractivity contribution in [3.8, 4) is 67.0 Å². The SMILES string of the molecule is CC1C=C2CC(CCC23c2cc(-c4ccccc4)ccc2-c2ccc(-c4ccc(-c5cc(-c6ccccc6)cc(-c6ccccc6)n5)cc4)cc23)C1. The van der Waals surface area contributed by atoms with E-state index in [0.29, 0.717) is 5.92 Å².